The number of urea groups is 1. The molecule has 0 saturated heterocycles. The van der Waals surface area contributed by atoms with E-state index in [9.17, 15) is 4.79 Å². The number of ether oxygens (including phenoxy) is 1. The quantitative estimate of drug-likeness (QED) is 0.792. The molecule has 2 aromatic rings. The second-order valence-corrected chi connectivity index (χ2v) is 5.61. The Morgan fingerprint density at radius 1 is 1.17 bits per heavy atom. The Bertz CT molecular complexity index is 718. The average molecular weight is 323 g/mol. The first-order valence-electron chi connectivity index (χ1n) is 7.87. The van der Waals surface area contributed by atoms with Gasteiger partial charge in [-0.3, -0.25) is 0 Å². The van der Waals surface area contributed by atoms with Crippen molar-refractivity contribution in [3.8, 4) is 11.8 Å². The molecule has 0 fully saturated rings. The predicted molar refractivity (Wildman–Crippen MR) is 94.2 cm³/mol. The predicted octanol–water partition coefficient (Wildman–Crippen LogP) is 3.88. The molecule has 0 aromatic heterocycles. The van der Waals surface area contributed by atoms with Gasteiger partial charge < -0.3 is 15.4 Å². The highest BCUT2D eigenvalue weighted by molar-refractivity contribution is 5.89. The van der Waals surface area contributed by atoms with E-state index in [1.165, 1.54) is 0 Å². The number of carbonyl (C=O) groups is 1. The number of rotatable bonds is 6. The van der Waals surface area contributed by atoms with Crippen molar-refractivity contribution < 1.29 is 9.53 Å². The minimum Gasteiger partial charge on any atom is -0.491 e. The summed E-state index contributed by atoms with van der Waals surface area (Å²) in [5, 5.41) is 14.2. The first-order chi connectivity index (χ1) is 11.6. The van der Waals surface area contributed by atoms with E-state index in [2.05, 4.69) is 24.5 Å². The summed E-state index contributed by atoms with van der Waals surface area (Å²) in [5.41, 5.74) is 2.34. The van der Waals surface area contributed by atoms with Gasteiger partial charge in [-0.15, -0.1) is 0 Å². The van der Waals surface area contributed by atoms with Crippen LogP contribution >= 0.6 is 0 Å². The third-order valence-corrected chi connectivity index (χ3v) is 3.46. The fourth-order valence-electron chi connectivity index (χ4n) is 2.22. The first kappa shape index (κ1) is 17.4. The van der Waals surface area contributed by atoms with Crippen molar-refractivity contribution >= 4 is 11.7 Å². The lowest BCUT2D eigenvalue weighted by atomic mass is 10.0. The van der Waals surface area contributed by atoms with Gasteiger partial charge in [0.15, 0.2) is 0 Å². The number of amides is 2. The number of benzene rings is 2. The van der Waals surface area contributed by atoms with Crippen molar-refractivity contribution in [1.29, 1.82) is 5.26 Å². The van der Waals surface area contributed by atoms with Gasteiger partial charge in [0.05, 0.1) is 18.2 Å². The third-order valence-electron chi connectivity index (χ3n) is 3.46. The molecule has 0 spiro atoms. The molecule has 24 heavy (non-hydrogen) atoms. The normalized spacial score (nSPS) is 10.1. The maximum absolute atomic E-state index is 11.8. The van der Waals surface area contributed by atoms with Gasteiger partial charge in [-0.25, -0.2) is 4.79 Å². The number of nitrogens with one attached hydrogen (secondary N) is 2. The number of nitriles is 1. The van der Waals surface area contributed by atoms with Crippen LogP contribution in [0.2, 0.25) is 0 Å². The Morgan fingerprint density at radius 3 is 2.54 bits per heavy atom. The topological polar surface area (TPSA) is 74.2 Å². The van der Waals surface area contributed by atoms with E-state index in [0.29, 0.717) is 30.3 Å². The second-order valence-electron chi connectivity index (χ2n) is 5.61. The zero-order valence-electron chi connectivity index (χ0n) is 13.9. The molecule has 0 radical (unpaired) electrons. The van der Waals surface area contributed by atoms with Crippen molar-refractivity contribution in [1.82, 2.24) is 5.32 Å². The molecule has 124 valence electrons. The summed E-state index contributed by atoms with van der Waals surface area (Å²) < 4.78 is 5.75. The lowest BCUT2D eigenvalue weighted by Crippen LogP contribution is -2.32. The second kappa shape index (κ2) is 8.59. The summed E-state index contributed by atoms with van der Waals surface area (Å²) in [6.07, 6.45) is 0. The minimum absolute atomic E-state index is 0.305. The van der Waals surface area contributed by atoms with Gasteiger partial charge in [-0.05, 0) is 41.8 Å². The van der Waals surface area contributed by atoms with Crippen LogP contribution in [0.25, 0.3) is 0 Å². The molecular weight excluding hydrogens is 302 g/mol. The molecule has 0 aliphatic heterocycles. The molecule has 0 unspecified atom stereocenters. The highest BCUT2D eigenvalue weighted by Gasteiger charge is 2.07. The van der Waals surface area contributed by atoms with Gasteiger partial charge >= 0.3 is 6.03 Å². The molecule has 5 heteroatoms. The highest BCUT2D eigenvalue weighted by Crippen LogP contribution is 2.25. The van der Waals surface area contributed by atoms with Crippen LogP contribution < -0.4 is 15.4 Å². The average Bonchev–Trinajstić information content (AvgIpc) is 2.59. The number of hydrogen-bond acceptors (Lipinski definition) is 3. The highest BCUT2D eigenvalue weighted by atomic mass is 16.5. The van der Waals surface area contributed by atoms with Crippen LogP contribution in [0.3, 0.4) is 0 Å². The summed E-state index contributed by atoms with van der Waals surface area (Å²) in [4.78, 5) is 11.8. The molecule has 0 aliphatic rings. The van der Waals surface area contributed by atoms with Crippen LogP contribution in [-0.4, -0.2) is 19.2 Å². The van der Waals surface area contributed by atoms with Gasteiger partial charge in [0.2, 0.25) is 0 Å². The van der Waals surface area contributed by atoms with E-state index in [0.717, 1.165) is 11.3 Å². The lowest BCUT2D eigenvalue weighted by molar-refractivity contribution is 0.247. The lowest BCUT2D eigenvalue weighted by Gasteiger charge is -2.14. The standard InChI is InChI=1S/C19H21N3O2/c1-14(2)17-5-3-4-6-18(17)24-12-11-21-19(23)22-16-9-7-15(13-20)8-10-16/h3-10,14H,11-12H2,1-2H3,(H2,21,22,23). The van der Waals surface area contributed by atoms with E-state index < -0.39 is 0 Å². The summed E-state index contributed by atoms with van der Waals surface area (Å²) in [6, 6.07) is 16.3. The molecule has 2 rings (SSSR count). The van der Waals surface area contributed by atoms with E-state index in [4.69, 9.17) is 10.00 Å². The molecule has 0 aliphatic carbocycles. The van der Waals surface area contributed by atoms with Gasteiger partial charge in [-0.2, -0.15) is 5.26 Å². The largest absolute Gasteiger partial charge is 0.491 e. The monoisotopic (exact) mass is 323 g/mol. The number of hydrogen-bond donors (Lipinski definition) is 2. The fourth-order valence-corrected chi connectivity index (χ4v) is 2.22. The smallest absolute Gasteiger partial charge is 0.319 e. The molecule has 2 aromatic carbocycles. The summed E-state index contributed by atoms with van der Waals surface area (Å²) in [7, 11) is 0. The zero-order chi connectivity index (χ0) is 17.4. The SMILES string of the molecule is CC(C)c1ccccc1OCCNC(=O)Nc1ccc(C#N)cc1. The first-order valence-corrected chi connectivity index (χ1v) is 7.87. The molecule has 2 N–H and O–H groups in total. The third kappa shape index (κ3) is 5.03. The van der Waals surface area contributed by atoms with Crippen molar-refractivity contribution in [3.05, 3.63) is 59.7 Å². The summed E-state index contributed by atoms with van der Waals surface area (Å²) in [6.45, 7) is 5.02. The Balaban J connectivity index is 1.76. The molecule has 0 saturated carbocycles. The number of nitrogens with zero attached hydrogens (tertiary/aromatic N) is 1. The number of carbonyl (C=O) groups excluding carboxylic acids is 1. The Morgan fingerprint density at radius 2 is 1.88 bits per heavy atom. The van der Waals surface area contributed by atoms with Crippen molar-refractivity contribution in [2.75, 3.05) is 18.5 Å². The van der Waals surface area contributed by atoms with Gasteiger partial charge in [0, 0.05) is 5.69 Å². The Labute approximate surface area is 142 Å². The van der Waals surface area contributed by atoms with Crippen LogP contribution in [0, 0.1) is 11.3 Å². The minimum atomic E-state index is -0.305. The van der Waals surface area contributed by atoms with Crippen LogP contribution in [-0.2, 0) is 0 Å². The van der Waals surface area contributed by atoms with Crippen LogP contribution in [0.15, 0.2) is 48.5 Å². The van der Waals surface area contributed by atoms with E-state index >= 15 is 0 Å². The van der Waals surface area contributed by atoms with Gasteiger partial charge in [-0.1, -0.05) is 32.0 Å². The van der Waals surface area contributed by atoms with Crippen molar-refractivity contribution in [2.45, 2.75) is 19.8 Å². The molecule has 0 bridgehead atoms. The molecule has 2 amide bonds. The summed E-state index contributed by atoms with van der Waals surface area (Å²) in [5.74, 6) is 1.23. The van der Waals surface area contributed by atoms with Crippen LogP contribution in [0.4, 0.5) is 10.5 Å². The molecular formula is C19H21N3O2. The van der Waals surface area contributed by atoms with Crippen molar-refractivity contribution in [3.63, 3.8) is 0 Å². The molecule has 0 heterocycles. The maximum atomic E-state index is 11.8. The van der Waals surface area contributed by atoms with Gasteiger partial charge in [0.25, 0.3) is 0 Å². The van der Waals surface area contributed by atoms with Crippen LogP contribution in [0.1, 0.15) is 30.9 Å². The number of para-hydroxylation sites is 1. The molecule has 5 nitrogen and oxygen atoms in total. The number of anilines is 1. The Kier molecular flexibility index (Phi) is 6.21. The summed E-state index contributed by atoms with van der Waals surface area (Å²) >= 11 is 0. The maximum Gasteiger partial charge on any atom is 0.319 e. The van der Waals surface area contributed by atoms with E-state index in [-0.39, 0.29) is 6.03 Å². The molecule has 0 atom stereocenters. The van der Waals surface area contributed by atoms with E-state index in [1.54, 1.807) is 24.3 Å². The van der Waals surface area contributed by atoms with Crippen molar-refractivity contribution in [2.24, 2.45) is 0 Å². The van der Waals surface area contributed by atoms with Crippen LogP contribution in [0.5, 0.6) is 5.75 Å². The Hall–Kier alpha value is -3.00. The van der Waals surface area contributed by atoms with E-state index in [1.807, 2.05) is 30.3 Å². The fraction of sp³-hybridized carbons (Fsp3) is 0.263. The van der Waals surface area contributed by atoms with Gasteiger partial charge in [0.1, 0.15) is 12.4 Å². The zero-order valence-corrected chi connectivity index (χ0v) is 13.9.